The lowest BCUT2D eigenvalue weighted by Crippen LogP contribution is -2.00. The zero-order valence-electron chi connectivity index (χ0n) is 11.5. The third kappa shape index (κ3) is 2.44. The first-order valence-corrected chi connectivity index (χ1v) is 7.38. The van der Waals surface area contributed by atoms with Crippen LogP contribution in [0.4, 0.5) is 0 Å². The van der Waals surface area contributed by atoms with E-state index in [1.54, 1.807) is 0 Å². The Morgan fingerprint density at radius 1 is 1.05 bits per heavy atom. The molecule has 0 radical (unpaired) electrons. The summed E-state index contributed by atoms with van der Waals surface area (Å²) in [7, 11) is 0. The van der Waals surface area contributed by atoms with Gasteiger partial charge in [0.15, 0.2) is 0 Å². The molecule has 3 aromatic rings. The van der Waals surface area contributed by atoms with Crippen LogP contribution in [0.25, 0.3) is 22.4 Å². The fourth-order valence-corrected chi connectivity index (χ4v) is 2.56. The van der Waals surface area contributed by atoms with Gasteiger partial charge in [0.25, 0.3) is 0 Å². The van der Waals surface area contributed by atoms with E-state index < -0.39 is 0 Å². The van der Waals surface area contributed by atoms with Crippen LogP contribution in [0.15, 0.2) is 48.5 Å². The van der Waals surface area contributed by atoms with Gasteiger partial charge in [-0.2, -0.15) is 0 Å². The van der Waals surface area contributed by atoms with E-state index in [1.807, 2.05) is 30.3 Å². The number of fused-ring (bicyclic) bond motifs is 1. The molecule has 0 aliphatic rings. The zero-order chi connectivity index (χ0) is 13.9. The highest BCUT2D eigenvalue weighted by Gasteiger charge is 2.11. The summed E-state index contributed by atoms with van der Waals surface area (Å²) < 4.78 is 2.31. The SMILES string of the molecule is CCCCn1c(-c2ccc(Cl)cc2)nc2ccccc21. The molecular weight excluding hydrogens is 268 g/mol. The number of benzene rings is 2. The monoisotopic (exact) mass is 284 g/mol. The van der Waals surface area contributed by atoms with Crippen LogP contribution in [-0.4, -0.2) is 9.55 Å². The number of hydrogen-bond donors (Lipinski definition) is 0. The molecule has 20 heavy (non-hydrogen) atoms. The minimum atomic E-state index is 0.755. The van der Waals surface area contributed by atoms with Crippen LogP contribution in [0.3, 0.4) is 0 Å². The van der Waals surface area contributed by atoms with Crippen molar-refractivity contribution >= 4 is 22.6 Å². The van der Waals surface area contributed by atoms with Crippen LogP contribution >= 0.6 is 11.6 Å². The van der Waals surface area contributed by atoms with Crippen LogP contribution in [0.2, 0.25) is 5.02 Å². The van der Waals surface area contributed by atoms with Crippen molar-refractivity contribution in [1.29, 1.82) is 0 Å². The molecular formula is C17H17ClN2. The summed E-state index contributed by atoms with van der Waals surface area (Å²) in [6, 6.07) is 16.2. The summed E-state index contributed by atoms with van der Waals surface area (Å²) in [5, 5.41) is 0.755. The Bertz CT molecular complexity index is 713. The summed E-state index contributed by atoms with van der Waals surface area (Å²) >= 11 is 5.97. The third-order valence-electron chi connectivity index (χ3n) is 3.49. The molecule has 0 saturated carbocycles. The molecule has 0 bridgehead atoms. The summed E-state index contributed by atoms with van der Waals surface area (Å²) in [6.07, 6.45) is 2.33. The first-order valence-electron chi connectivity index (χ1n) is 7.01. The average Bonchev–Trinajstić information content (AvgIpc) is 2.84. The highest BCUT2D eigenvalue weighted by molar-refractivity contribution is 6.30. The third-order valence-corrected chi connectivity index (χ3v) is 3.74. The maximum absolute atomic E-state index is 5.97. The Morgan fingerprint density at radius 3 is 2.55 bits per heavy atom. The van der Waals surface area contributed by atoms with E-state index in [-0.39, 0.29) is 0 Å². The Kier molecular flexibility index (Phi) is 3.75. The van der Waals surface area contributed by atoms with E-state index in [9.17, 15) is 0 Å². The predicted octanol–water partition coefficient (Wildman–Crippen LogP) is 5.16. The molecule has 0 amide bonds. The van der Waals surface area contributed by atoms with E-state index in [2.05, 4.69) is 29.7 Å². The number of unbranched alkanes of at least 4 members (excludes halogenated alkanes) is 1. The maximum Gasteiger partial charge on any atom is 0.141 e. The summed E-state index contributed by atoms with van der Waals surface area (Å²) in [4.78, 5) is 4.79. The average molecular weight is 285 g/mol. The second-order valence-electron chi connectivity index (χ2n) is 4.94. The molecule has 3 heteroatoms. The van der Waals surface area contributed by atoms with Crippen LogP contribution in [0, 0.1) is 0 Å². The molecule has 0 aliphatic heterocycles. The van der Waals surface area contributed by atoms with Gasteiger partial charge in [-0.15, -0.1) is 0 Å². The van der Waals surface area contributed by atoms with Crippen molar-refractivity contribution in [3.8, 4) is 11.4 Å². The molecule has 1 aromatic heterocycles. The van der Waals surface area contributed by atoms with Gasteiger partial charge in [0.2, 0.25) is 0 Å². The van der Waals surface area contributed by atoms with E-state index in [1.165, 1.54) is 11.9 Å². The second kappa shape index (κ2) is 5.68. The zero-order valence-corrected chi connectivity index (χ0v) is 12.3. The van der Waals surface area contributed by atoms with Crippen molar-refractivity contribution in [3.63, 3.8) is 0 Å². The number of para-hydroxylation sites is 2. The Balaban J connectivity index is 2.15. The number of imidazole rings is 1. The second-order valence-corrected chi connectivity index (χ2v) is 5.37. The maximum atomic E-state index is 5.97. The number of aromatic nitrogens is 2. The van der Waals surface area contributed by atoms with Crippen molar-refractivity contribution in [2.45, 2.75) is 26.3 Å². The largest absolute Gasteiger partial charge is 0.324 e. The number of hydrogen-bond acceptors (Lipinski definition) is 1. The van der Waals surface area contributed by atoms with Gasteiger partial charge in [-0.25, -0.2) is 4.98 Å². The van der Waals surface area contributed by atoms with Crippen LogP contribution in [-0.2, 0) is 6.54 Å². The van der Waals surface area contributed by atoms with Crippen LogP contribution < -0.4 is 0 Å². The van der Waals surface area contributed by atoms with Crippen molar-refractivity contribution < 1.29 is 0 Å². The summed E-state index contributed by atoms with van der Waals surface area (Å²) in [5.74, 6) is 1.02. The molecule has 1 heterocycles. The minimum absolute atomic E-state index is 0.755. The topological polar surface area (TPSA) is 17.8 Å². The van der Waals surface area contributed by atoms with Gasteiger partial charge >= 0.3 is 0 Å². The molecule has 102 valence electrons. The van der Waals surface area contributed by atoms with E-state index in [0.29, 0.717) is 0 Å². The number of nitrogens with zero attached hydrogens (tertiary/aromatic N) is 2. The molecule has 2 aromatic carbocycles. The summed E-state index contributed by atoms with van der Waals surface area (Å²) in [6.45, 7) is 3.20. The van der Waals surface area contributed by atoms with Gasteiger partial charge in [-0.05, 0) is 42.8 Å². The first kappa shape index (κ1) is 13.2. The van der Waals surface area contributed by atoms with Crippen LogP contribution in [0.1, 0.15) is 19.8 Å². The smallest absolute Gasteiger partial charge is 0.141 e. The van der Waals surface area contributed by atoms with Gasteiger partial charge in [0.1, 0.15) is 5.82 Å². The lowest BCUT2D eigenvalue weighted by Gasteiger charge is -2.08. The Morgan fingerprint density at radius 2 is 1.80 bits per heavy atom. The standard InChI is InChI=1S/C17H17ClN2/c1-2-3-12-20-16-7-5-4-6-15(16)19-17(20)13-8-10-14(18)11-9-13/h4-11H,2-3,12H2,1H3. The summed E-state index contributed by atoms with van der Waals surface area (Å²) in [5.41, 5.74) is 3.36. The molecule has 0 aliphatic carbocycles. The lowest BCUT2D eigenvalue weighted by molar-refractivity contribution is 0.651. The highest BCUT2D eigenvalue weighted by Crippen LogP contribution is 2.26. The number of aryl methyl sites for hydroxylation is 1. The van der Waals surface area contributed by atoms with E-state index in [4.69, 9.17) is 16.6 Å². The Labute approximate surface area is 124 Å². The number of halogens is 1. The molecule has 0 unspecified atom stereocenters. The van der Waals surface area contributed by atoms with Crippen molar-refractivity contribution in [1.82, 2.24) is 9.55 Å². The van der Waals surface area contributed by atoms with Gasteiger partial charge in [-0.3, -0.25) is 0 Å². The predicted molar refractivity (Wildman–Crippen MR) is 85.1 cm³/mol. The molecule has 2 nitrogen and oxygen atoms in total. The van der Waals surface area contributed by atoms with E-state index >= 15 is 0 Å². The van der Waals surface area contributed by atoms with Gasteiger partial charge in [0.05, 0.1) is 11.0 Å². The van der Waals surface area contributed by atoms with Crippen LogP contribution in [0.5, 0.6) is 0 Å². The van der Waals surface area contributed by atoms with Crippen molar-refractivity contribution in [3.05, 3.63) is 53.6 Å². The molecule has 0 fully saturated rings. The quantitative estimate of drug-likeness (QED) is 0.647. The first-order chi connectivity index (χ1) is 9.79. The van der Waals surface area contributed by atoms with Gasteiger partial charge < -0.3 is 4.57 Å². The van der Waals surface area contributed by atoms with E-state index in [0.717, 1.165) is 34.9 Å². The molecule has 0 spiro atoms. The number of rotatable bonds is 4. The fourth-order valence-electron chi connectivity index (χ4n) is 2.44. The van der Waals surface area contributed by atoms with Crippen molar-refractivity contribution in [2.24, 2.45) is 0 Å². The molecule has 0 N–H and O–H groups in total. The Hall–Kier alpha value is -1.80. The molecule has 3 rings (SSSR count). The normalized spacial score (nSPS) is 11.1. The van der Waals surface area contributed by atoms with Gasteiger partial charge in [0, 0.05) is 17.1 Å². The molecule has 0 saturated heterocycles. The van der Waals surface area contributed by atoms with Crippen molar-refractivity contribution in [2.75, 3.05) is 0 Å². The highest BCUT2D eigenvalue weighted by atomic mass is 35.5. The van der Waals surface area contributed by atoms with Gasteiger partial charge in [-0.1, -0.05) is 37.1 Å². The fraction of sp³-hybridized carbons (Fsp3) is 0.235. The minimum Gasteiger partial charge on any atom is -0.324 e. The molecule has 0 atom stereocenters. The lowest BCUT2D eigenvalue weighted by atomic mass is 10.2.